The van der Waals surface area contributed by atoms with E-state index in [1.54, 1.807) is 6.21 Å². The molecule has 1 saturated carbocycles. The van der Waals surface area contributed by atoms with E-state index in [1.165, 1.54) is 0 Å². The SMILES string of the molecule is CC(C)ON=C[C@H]1[C@@H](C(=O)O)C1(C)C. The topological polar surface area (TPSA) is 58.9 Å². The number of carboxylic acid groups (broad SMARTS) is 1. The van der Waals surface area contributed by atoms with Crippen LogP contribution in [0, 0.1) is 17.3 Å². The summed E-state index contributed by atoms with van der Waals surface area (Å²) in [4.78, 5) is 15.8. The van der Waals surface area contributed by atoms with E-state index in [-0.39, 0.29) is 23.4 Å². The molecule has 1 aliphatic rings. The summed E-state index contributed by atoms with van der Waals surface area (Å²) in [7, 11) is 0. The van der Waals surface area contributed by atoms with Gasteiger partial charge in [0.25, 0.3) is 0 Å². The van der Waals surface area contributed by atoms with Crippen molar-refractivity contribution in [3.05, 3.63) is 0 Å². The highest BCUT2D eigenvalue weighted by atomic mass is 16.6. The lowest BCUT2D eigenvalue weighted by Gasteiger charge is -2.00. The molecule has 0 aliphatic heterocycles. The summed E-state index contributed by atoms with van der Waals surface area (Å²) in [6.07, 6.45) is 1.65. The maximum absolute atomic E-state index is 10.8. The lowest BCUT2D eigenvalue weighted by Crippen LogP contribution is -2.03. The van der Waals surface area contributed by atoms with Crippen LogP contribution in [-0.4, -0.2) is 23.4 Å². The molecule has 0 aromatic rings. The fourth-order valence-corrected chi connectivity index (χ4v) is 1.65. The number of aliphatic carboxylic acids is 1. The van der Waals surface area contributed by atoms with E-state index in [1.807, 2.05) is 27.7 Å². The highest BCUT2D eigenvalue weighted by molar-refractivity contribution is 5.84. The molecule has 4 heteroatoms. The summed E-state index contributed by atoms with van der Waals surface area (Å²) in [5, 5.41) is 12.6. The lowest BCUT2D eigenvalue weighted by molar-refractivity contribution is -0.139. The molecule has 1 N–H and O–H groups in total. The molecule has 0 saturated heterocycles. The van der Waals surface area contributed by atoms with Crippen LogP contribution in [0.3, 0.4) is 0 Å². The molecule has 1 aliphatic carbocycles. The number of oxime groups is 1. The van der Waals surface area contributed by atoms with Gasteiger partial charge in [-0.1, -0.05) is 19.0 Å². The predicted octanol–water partition coefficient (Wildman–Crippen LogP) is 1.75. The molecular formula is C10H17NO3. The van der Waals surface area contributed by atoms with Crippen LogP contribution in [-0.2, 0) is 9.63 Å². The smallest absolute Gasteiger partial charge is 0.307 e. The van der Waals surface area contributed by atoms with Gasteiger partial charge >= 0.3 is 5.97 Å². The maximum Gasteiger partial charge on any atom is 0.307 e. The lowest BCUT2D eigenvalue weighted by atomic mass is 10.1. The van der Waals surface area contributed by atoms with Gasteiger partial charge in [-0.2, -0.15) is 0 Å². The second-order valence-electron chi connectivity index (χ2n) is 4.57. The standard InChI is InChI=1S/C10H17NO3/c1-6(2)14-11-5-7-8(9(12)13)10(7,3)4/h5-8H,1-4H3,(H,12,13)/t7-,8-/m0/s1. The zero-order valence-corrected chi connectivity index (χ0v) is 9.02. The Morgan fingerprint density at radius 1 is 1.57 bits per heavy atom. The molecule has 0 amide bonds. The van der Waals surface area contributed by atoms with Crippen molar-refractivity contribution in [1.29, 1.82) is 0 Å². The second kappa shape index (κ2) is 3.59. The first-order valence-corrected chi connectivity index (χ1v) is 4.79. The molecule has 0 aromatic carbocycles. The fraction of sp³-hybridized carbons (Fsp3) is 0.800. The Morgan fingerprint density at radius 3 is 2.50 bits per heavy atom. The summed E-state index contributed by atoms with van der Waals surface area (Å²) < 4.78 is 0. The Labute approximate surface area is 83.9 Å². The molecule has 0 bridgehead atoms. The molecule has 80 valence electrons. The van der Waals surface area contributed by atoms with E-state index in [2.05, 4.69) is 5.16 Å². The van der Waals surface area contributed by atoms with Crippen LogP contribution < -0.4 is 0 Å². The normalized spacial score (nSPS) is 29.5. The zero-order chi connectivity index (χ0) is 10.9. The molecular weight excluding hydrogens is 182 g/mol. The fourth-order valence-electron chi connectivity index (χ4n) is 1.65. The summed E-state index contributed by atoms with van der Waals surface area (Å²) >= 11 is 0. The van der Waals surface area contributed by atoms with Crippen molar-refractivity contribution in [3.8, 4) is 0 Å². The van der Waals surface area contributed by atoms with Crippen LogP contribution in [0.5, 0.6) is 0 Å². The molecule has 1 rings (SSSR count). The van der Waals surface area contributed by atoms with Crippen LogP contribution in [0.2, 0.25) is 0 Å². The maximum atomic E-state index is 10.8. The number of hydrogen-bond acceptors (Lipinski definition) is 3. The molecule has 0 heterocycles. The number of hydrogen-bond donors (Lipinski definition) is 1. The van der Waals surface area contributed by atoms with Crippen molar-refractivity contribution in [3.63, 3.8) is 0 Å². The molecule has 0 aromatic heterocycles. The molecule has 1 fully saturated rings. The number of rotatable bonds is 4. The quantitative estimate of drug-likeness (QED) is 0.554. The van der Waals surface area contributed by atoms with E-state index >= 15 is 0 Å². The van der Waals surface area contributed by atoms with E-state index < -0.39 is 5.97 Å². The van der Waals surface area contributed by atoms with E-state index in [9.17, 15) is 4.79 Å². The van der Waals surface area contributed by atoms with Crippen molar-refractivity contribution in [2.75, 3.05) is 0 Å². The van der Waals surface area contributed by atoms with Crippen molar-refractivity contribution >= 4 is 12.2 Å². The second-order valence-corrected chi connectivity index (χ2v) is 4.57. The van der Waals surface area contributed by atoms with Crippen LogP contribution in [0.15, 0.2) is 5.16 Å². The highest BCUT2D eigenvalue weighted by Crippen LogP contribution is 2.57. The average Bonchev–Trinajstić information content (AvgIpc) is 2.52. The Hall–Kier alpha value is -1.06. The first-order chi connectivity index (χ1) is 6.37. The minimum Gasteiger partial charge on any atom is -0.481 e. The van der Waals surface area contributed by atoms with Gasteiger partial charge in [-0.05, 0) is 19.3 Å². The van der Waals surface area contributed by atoms with E-state index in [0.717, 1.165) is 0 Å². The summed E-state index contributed by atoms with van der Waals surface area (Å²) in [5.41, 5.74) is -0.185. The molecule has 0 spiro atoms. The Morgan fingerprint density at radius 2 is 2.14 bits per heavy atom. The van der Waals surface area contributed by atoms with Crippen molar-refractivity contribution in [1.82, 2.24) is 0 Å². The van der Waals surface area contributed by atoms with Gasteiger partial charge in [0.2, 0.25) is 0 Å². The number of carboxylic acids is 1. The summed E-state index contributed by atoms with van der Waals surface area (Å²) in [6, 6.07) is 0. The molecule has 4 nitrogen and oxygen atoms in total. The van der Waals surface area contributed by atoms with Crippen LogP contribution >= 0.6 is 0 Å². The van der Waals surface area contributed by atoms with Gasteiger partial charge in [0, 0.05) is 12.1 Å². The van der Waals surface area contributed by atoms with Crippen LogP contribution in [0.4, 0.5) is 0 Å². The third-order valence-electron chi connectivity index (χ3n) is 2.67. The van der Waals surface area contributed by atoms with Gasteiger partial charge < -0.3 is 9.94 Å². The minimum atomic E-state index is -0.754. The zero-order valence-electron chi connectivity index (χ0n) is 9.02. The first kappa shape index (κ1) is 11.0. The van der Waals surface area contributed by atoms with E-state index in [0.29, 0.717) is 0 Å². The highest BCUT2D eigenvalue weighted by Gasteiger charge is 2.61. The minimum absolute atomic E-state index is 0.00116. The van der Waals surface area contributed by atoms with Gasteiger partial charge in [0.05, 0.1) is 5.92 Å². The molecule has 0 unspecified atom stereocenters. The van der Waals surface area contributed by atoms with Crippen molar-refractivity contribution in [2.24, 2.45) is 22.4 Å². The predicted molar refractivity (Wildman–Crippen MR) is 53.1 cm³/mol. The monoisotopic (exact) mass is 199 g/mol. The van der Waals surface area contributed by atoms with Crippen LogP contribution in [0.1, 0.15) is 27.7 Å². The van der Waals surface area contributed by atoms with Gasteiger partial charge in [-0.3, -0.25) is 4.79 Å². The third kappa shape index (κ3) is 2.05. The number of carbonyl (C=O) groups is 1. The van der Waals surface area contributed by atoms with Crippen LogP contribution in [0.25, 0.3) is 0 Å². The third-order valence-corrected chi connectivity index (χ3v) is 2.67. The first-order valence-electron chi connectivity index (χ1n) is 4.79. The molecule has 0 radical (unpaired) electrons. The number of nitrogens with zero attached hydrogens (tertiary/aromatic N) is 1. The van der Waals surface area contributed by atoms with Crippen molar-refractivity contribution in [2.45, 2.75) is 33.8 Å². The Balaban J connectivity index is 2.49. The van der Waals surface area contributed by atoms with Gasteiger partial charge in [-0.25, -0.2) is 0 Å². The summed E-state index contributed by atoms with van der Waals surface area (Å²) in [5.74, 6) is -1.07. The van der Waals surface area contributed by atoms with E-state index in [4.69, 9.17) is 9.94 Å². The van der Waals surface area contributed by atoms with Gasteiger partial charge in [-0.15, -0.1) is 0 Å². The van der Waals surface area contributed by atoms with Crippen molar-refractivity contribution < 1.29 is 14.7 Å². The molecule has 14 heavy (non-hydrogen) atoms. The Bertz CT molecular complexity index is 258. The summed E-state index contributed by atoms with van der Waals surface area (Å²) in [6.45, 7) is 7.61. The largest absolute Gasteiger partial charge is 0.481 e. The average molecular weight is 199 g/mol. The van der Waals surface area contributed by atoms with Gasteiger partial charge in [0.1, 0.15) is 6.10 Å². The molecule has 2 atom stereocenters. The Kier molecular flexibility index (Phi) is 2.83. The van der Waals surface area contributed by atoms with Gasteiger partial charge in [0.15, 0.2) is 0 Å².